The highest BCUT2D eigenvalue weighted by molar-refractivity contribution is 5.97. The number of rotatable bonds is 15. The van der Waals surface area contributed by atoms with Crippen LogP contribution in [0, 0.1) is 28.2 Å². The molecule has 0 radical (unpaired) electrons. The molecule has 12 atom stereocenters. The summed E-state index contributed by atoms with van der Waals surface area (Å²) < 4.78 is 19.4. The molecule has 6 aromatic carbocycles. The van der Waals surface area contributed by atoms with E-state index >= 15 is 24.0 Å². The third-order valence-electron chi connectivity index (χ3n) is 21.1. The lowest BCUT2D eigenvalue weighted by atomic mass is 9.83. The first-order valence-electron chi connectivity index (χ1n) is 37.1. The number of nitrogens with zero attached hydrogens (tertiary/aromatic N) is 7. The summed E-state index contributed by atoms with van der Waals surface area (Å²) in [7, 11) is 6.23. The lowest BCUT2D eigenvalue weighted by Gasteiger charge is -2.41. The van der Waals surface area contributed by atoms with E-state index in [1.165, 1.54) is 16.7 Å². The molecule has 27 heteroatoms. The van der Waals surface area contributed by atoms with Crippen LogP contribution in [-0.2, 0) is 80.2 Å². The van der Waals surface area contributed by atoms with Crippen molar-refractivity contribution >= 4 is 74.7 Å². The summed E-state index contributed by atoms with van der Waals surface area (Å²) in [5.74, 6) is -7.22. The molecule has 2 fully saturated rings. The van der Waals surface area contributed by atoms with Crippen LogP contribution in [0.5, 0.6) is 11.5 Å². The Morgan fingerprint density at radius 2 is 1.14 bits per heavy atom. The van der Waals surface area contributed by atoms with Gasteiger partial charge in [0.1, 0.15) is 66.3 Å². The smallest absolute Gasteiger partial charge is 0.328 e. The maximum absolute atomic E-state index is 15.7. The maximum atomic E-state index is 15.7. The van der Waals surface area contributed by atoms with Gasteiger partial charge in [0.05, 0.1) is 49.4 Å². The van der Waals surface area contributed by atoms with Crippen LogP contribution in [0.1, 0.15) is 109 Å². The number of fused-ring (bicyclic) bond motifs is 2. The van der Waals surface area contributed by atoms with Crippen molar-refractivity contribution in [2.24, 2.45) is 27.8 Å². The van der Waals surface area contributed by atoms with Crippen LogP contribution in [0.2, 0.25) is 0 Å². The first kappa shape index (κ1) is 80.6. The van der Waals surface area contributed by atoms with Crippen LogP contribution < -0.4 is 41.4 Å². The number of likely N-dealkylation sites (tertiary alicyclic amines) is 2. The van der Waals surface area contributed by atoms with E-state index in [9.17, 15) is 24.3 Å². The molecule has 6 aliphatic heterocycles. The van der Waals surface area contributed by atoms with Gasteiger partial charge in [0, 0.05) is 51.5 Å². The minimum atomic E-state index is -1.48. The summed E-state index contributed by atoms with van der Waals surface area (Å²) in [5, 5.41) is 45.2. The number of hydrogen-bond donors (Lipinski definition) is 8. The van der Waals surface area contributed by atoms with Gasteiger partial charge in [0.25, 0.3) is 0 Å². The molecule has 7 heterocycles. The zero-order valence-corrected chi connectivity index (χ0v) is 64.0. The summed E-state index contributed by atoms with van der Waals surface area (Å²) >= 11 is 0. The molecular weight excluding hydrogens is 1390 g/mol. The summed E-state index contributed by atoms with van der Waals surface area (Å²) in [6.07, 6.45) is 3.18. The molecule has 0 aliphatic carbocycles. The van der Waals surface area contributed by atoms with E-state index in [4.69, 9.17) is 19.7 Å². The first-order chi connectivity index (χ1) is 51.9. The van der Waals surface area contributed by atoms with Crippen molar-refractivity contribution in [1.29, 1.82) is 5.53 Å². The fourth-order valence-corrected chi connectivity index (χ4v) is 14.7. The largest absolute Gasteiger partial charge is 0.487 e. The number of likely N-dealkylation sites (N-methyl/N-ethyl adjacent to an activating group) is 3. The number of esters is 1. The van der Waals surface area contributed by atoms with Gasteiger partial charge in [-0.3, -0.25) is 33.6 Å². The van der Waals surface area contributed by atoms with Crippen molar-refractivity contribution in [3.63, 3.8) is 0 Å². The van der Waals surface area contributed by atoms with Crippen LogP contribution in [0.3, 0.4) is 0 Å². The molecule has 1 unspecified atom stereocenters. The zero-order valence-electron chi connectivity index (χ0n) is 64.0. The Hall–Kier alpha value is -10.9. The van der Waals surface area contributed by atoms with Gasteiger partial charge in [-0.05, 0) is 133 Å². The van der Waals surface area contributed by atoms with Crippen LogP contribution in [0.4, 0.5) is 0 Å². The van der Waals surface area contributed by atoms with Gasteiger partial charge in [-0.25, -0.2) is 19.8 Å². The summed E-state index contributed by atoms with van der Waals surface area (Å²) in [5.41, 5.74) is 9.79. The van der Waals surface area contributed by atoms with Gasteiger partial charge in [0.15, 0.2) is 5.78 Å². The molecule has 0 spiro atoms. The van der Waals surface area contributed by atoms with Crippen LogP contribution in [-0.4, -0.2) is 190 Å². The average Bonchev–Trinajstić information content (AvgIpc) is 1.65. The quantitative estimate of drug-likeness (QED) is 0.0365. The van der Waals surface area contributed by atoms with Gasteiger partial charge in [0.2, 0.25) is 35.4 Å². The minimum absolute atomic E-state index is 0.0376. The molecule has 0 saturated carbocycles. The third kappa shape index (κ3) is 19.9. The standard InChI is InChI=1S/C82H102N14O13/c1-48(84-9)73(98)88-71(81(3,4)5)77(102)94-35-33-66-69(94)63(40-53-22-28-55-18-14-16-20-57(55)38-53)76(101)86-64(79(104)105)41-50-23-29-62(30-24-50)109-47-60-45-96(92-91-60)67-34-36-95(78(103)72(82(6,7)8)89-74(99)49(2)85-10)70(67)68(97)43-58(39-52-21-27-54-17-13-15-19-56(54)37-52)75(100)87-65(80(106)107-12)42-51-25-31-61(32-26-51)108-46-59(90-83)44-93(66)11/h13-32,37-38,44-45,48-49,58,63-67,69-72,83-85H,33-36,39-43,46-47H2,1-12H3,(H,86,101)(H,87,100)(H,88,98)(H,89,99)(H,104,105)/t48-,49-,58+,63+,64-,65-,66?,67+,69+,70-,71+,72+/m0/s1. The molecule has 6 bridgehead atoms. The lowest BCUT2D eigenvalue weighted by molar-refractivity contribution is -0.146. The second kappa shape index (κ2) is 35.4. The Morgan fingerprint density at radius 3 is 1.66 bits per heavy atom. The molecule has 578 valence electrons. The Labute approximate surface area is 635 Å². The molecule has 6 aliphatic rings. The molecule has 6 amide bonds. The molecule has 7 aromatic rings. The summed E-state index contributed by atoms with van der Waals surface area (Å²) in [6, 6.07) is 30.4. The number of carboxylic acids is 1. The first-order valence-corrected chi connectivity index (χ1v) is 37.1. The van der Waals surface area contributed by atoms with Crippen LogP contribution in [0.15, 0.2) is 157 Å². The number of hydrogen-bond acceptors (Lipinski definition) is 19. The second-order valence-electron chi connectivity index (χ2n) is 30.9. The van der Waals surface area contributed by atoms with E-state index in [-0.39, 0.29) is 64.1 Å². The SMILES string of the molecule is CN[C@@H](C)C(=O)N[C@H](C(=O)N1CC[C@@H]2[C@H]1C(=O)C[C@@H](Cc1ccc3ccccc3c1)C(=O)N[C@H](C(=O)OC)Cc1ccc(cc1)OCC(N=N)=CN(C)C1CCN(C(=O)[C@@H](NC(=O)[C@H](C)NC)C(C)(C)C)[C@@H]1[C@@H](Cc1ccc3ccccc3c1)C(=O)N[C@H](C(=O)O)Cc1ccc(cc1)OCc1cn2nn1)C(C)(C)C. The molecule has 8 N–H and O–H groups in total. The number of nitrogens with one attached hydrogen (secondary N) is 7. The number of ether oxygens (including phenoxy) is 3. The summed E-state index contributed by atoms with van der Waals surface area (Å²) in [6.45, 7) is 14.1. The number of carboxylic acid groups (broad SMARTS) is 1. The Kier molecular flexibility index (Phi) is 26.2. The third-order valence-corrected chi connectivity index (χ3v) is 21.1. The molecule has 1 aromatic heterocycles. The van der Waals surface area contributed by atoms with E-state index in [2.05, 4.69) is 47.3 Å². The fourth-order valence-electron chi connectivity index (χ4n) is 14.7. The van der Waals surface area contributed by atoms with Crippen molar-refractivity contribution in [2.75, 3.05) is 47.9 Å². The lowest BCUT2D eigenvalue weighted by Crippen LogP contribution is -2.61. The van der Waals surface area contributed by atoms with Gasteiger partial charge in [-0.2, -0.15) is 5.11 Å². The monoisotopic (exact) mass is 1490 g/mol. The van der Waals surface area contributed by atoms with Gasteiger partial charge in [-0.1, -0.05) is 156 Å². The number of benzene rings is 6. The number of methoxy groups -OCH3 is 1. The highest BCUT2D eigenvalue weighted by Gasteiger charge is 2.51. The van der Waals surface area contributed by atoms with Crippen LogP contribution in [0.25, 0.3) is 21.5 Å². The van der Waals surface area contributed by atoms with Crippen molar-refractivity contribution in [3.05, 3.63) is 180 Å². The molecule has 13 rings (SSSR count). The van der Waals surface area contributed by atoms with Crippen molar-refractivity contribution < 1.29 is 62.5 Å². The van der Waals surface area contributed by atoms with Crippen molar-refractivity contribution in [3.8, 4) is 11.5 Å². The van der Waals surface area contributed by atoms with E-state index in [1.807, 2.05) is 126 Å². The number of carbonyl (C=O) groups excluding carboxylic acids is 8. The normalized spacial score (nSPS) is 21.9. The van der Waals surface area contributed by atoms with Gasteiger partial charge >= 0.3 is 11.9 Å². The fraction of sp³-hybridized carbons (Fsp3) is 0.451. The number of aliphatic carboxylic acids is 1. The minimum Gasteiger partial charge on any atom is -0.487 e. The number of aromatic nitrogens is 3. The summed E-state index contributed by atoms with van der Waals surface area (Å²) in [4.78, 5) is 137. The maximum Gasteiger partial charge on any atom is 0.328 e. The number of ketones is 1. The number of carbonyl (C=O) groups is 9. The molecule has 2 saturated heterocycles. The topological polar surface area (TPSA) is 350 Å². The predicted molar refractivity (Wildman–Crippen MR) is 409 cm³/mol. The Balaban J connectivity index is 1.04. The van der Waals surface area contributed by atoms with Crippen molar-refractivity contribution in [2.45, 2.75) is 167 Å². The average molecular weight is 1490 g/mol. The van der Waals surface area contributed by atoms with Gasteiger partial charge in [-0.15, -0.1) is 5.10 Å². The highest BCUT2D eigenvalue weighted by Crippen LogP contribution is 2.38. The molecular formula is C82H102N14O13. The number of amides is 6. The second-order valence-corrected chi connectivity index (χ2v) is 30.9. The molecule has 27 nitrogen and oxygen atoms in total. The van der Waals surface area contributed by atoms with Crippen molar-refractivity contribution in [1.82, 2.24) is 61.6 Å². The number of Topliss-reactive ketones (excluding diaryl/α,β-unsaturated/α-hetero) is 1. The highest BCUT2D eigenvalue weighted by atomic mass is 16.5. The van der Waals surface area contributed by atoms with E-state index in [0.717, 1.165) is 32.7 Å². The predicted octanol–water partition coefficient (Wildman–Crippen LogP) is 7.44. The van der Waals surface area contributed by atoms with E-state index < -0.39 is 143 Å². The van der Waals surface area contributed by atoms with E-state index in [0.29, 0.717) is 34.7 Å². The zero-order chi connectivity index (χ0) is 78.6. The Bertz CT molecular complexity index is 4490. The Morgan fingerprint density at radius 1 is 0.642 bits per heavy atom. The van der Waals surface area contributed by atoms with Gasteiger partial charge < -0.3 is 65.9 Å². The molecule has 109 heavy (non-hydrogen) atoms. The van der Waals surface area contributed by atoms with Crippen LogP contribution >= 0.6 is 0 Å². The van der Waals surface area contributed by atoms with E-state index in [1.54, 1.807) is 106 Å².